The maximum absolute atomic E-state index is 13.1. The summed E-state index contributed by atoms with van der Waals surface area (Å²) < 4.78 is 11.8. The molecule has 0 amide bonds. The first-order valence-electron chi connectivity index (χ1n) is 28.2. The molecule has 2 aromatic heterocycles. The molecule has 0 saturated heterocycles. The zero-order valence-electron chi connectivity index (χ0n) is 46.7. The van der Waals surface area contributed by atoms with Crippen LogP contribution in [0.2, 0.25) is 0 Å². The molecular formula is C77H58N3OPt-. The molecule has 2 heterocycles. The summed E-state index contributed by atoms with van der Waals surface area (Å²) in [6.45, 7) is 6.09. The van der Waals surface area contributed by atoms with Gasteiger partial charge in [0.15, 0.2) is 0 Å². The SMILES string of the molecule is [2H]C(C)(C)c1cc(-c2cc(-c3ccc(C(C)c4ccccc4)cc3)ccn2)[c-]c(-c2cccc3c2nc(-c2cccc(-c4ccccc4-c4ccccc4)c2O)n3-c2c(-c3ccccc3)cc(-c3ccccc3)cc2-c2ccccc2)c1.[Pt]. The van der Waals surface area contributed by atoms with Crippen molar-refractivity contribution in [2.45, 2.75) is 32.6 Å². The molecule has 0 fully saturated rings. The van der Waals surface area contributed by atoms with Gasteiger partial charge in [-0.3, -0.25) is 9.55 Å². The van der Waals surface area contributed by atoms with Crippen molar-refractivity contribution in [2.24, 2.45) is 0 Å². The van der Waals surface area contributed by atoms with E-state index in [2.05, 4.69) is 242 Å². The maximum Gasteiger partial charge on any atom is 0.148 e. The molecule has 5 heteroatoms. The molecule has 1 unspecified atom stereocenters. The molecule has 0 spiro atoms. The molecule has 398 valence electrons. The molecule has 0 radical (unpaired) electrons. The van der Waals surface area contributed by atoms with E-state index in [1.54, 1.807) is 0 Å². The smallest absolute Gasteiger partial charge is 0.148 e. The van der Waals surface area contributed by atoms with Crippen LogP contribution in [0.5, 0.6) is 5.75 Å². The number of rotatable bonds is 13. The number of hydrogen-bond donors (Lipinski definition) is 1. The third-order valence-corrected chi connectivity index (χ3v) is 15.7. The normalized spacial score (nSPS) is 11.9. The Morgan fingerprint density at radius 1 is 0.402 bits per heavy atom. The Kier molecular flexibility index (Phi) is 14.8. The molecule has 1 N–H and O–H groups in total. The van der Waals surface area contributed by atoms with Crippen molar-refractivity contribution in [3.8, 4) is 112 Å². The first-order valence-corrected chi connectivity index (χ1v) is 27.7. The fraction of sp³-hybridized carbons (Fsp3) is 0.0649. The summed E-state index contributed by atoms with van der Waals surface area (Å²) in [5, 5.41) is 13.1. The fourth-order valence-corrected chi connectivity index (χ4v) is 11.4. The third-order valence-electron chi connectivity index (χ3n) is 15.7. The average molecular weight is 1240 g/mol. The quantitative estimate of drug-likeness (QED) is 0.117. The van der Waals surface area contributed by atoms with E-state index in [-0.39, 0.29) is 32.7 Å². The van der Waals surface area contributed by atoms with Crippen molar-refractivity contribution >= 4 is 11.0 Å². The molecule has 13 aromatic rings. The molecule has 82 heavy (non-hydrogen) atoms. The average Bonchev–Trinajstić information content (AvgIpc) is 2.27. The number of pyridine rings is 1. The number of nitrogens with zero attached hydrogens (tertiary/aromatic N) is 3. The topological polar surface area (TPSA) is 50.9 Å². The number of aromatic nitrogens is 3. The summed E-state index contributed by atoms with van der Waals surface area (Å²) in [5.41, 5.74) is 21.5. The monoisotopic (exact) mass is 1240 g/mol. The van der Waals surface area contributed by atoms with Crippen LogP contribution in [-0.2, 0) is 21.1 Å². The minimum atomic E-state index is -0.974. The number of para-hydroxylation sites is 2. The van der Waals surface area contributed by atoms with Gasteiger partial charge in [-0.1, -0.05) is 262 Å². The number of imidazole rings is 1. The summed E-state index contributed by atoms with van der Waals surface area (Å²) in [6, 6.07) is 98.7. The number of hydrogen-bond acceptors (Lipinski definition) is 3. The molecule has 1 atom stereocenters. The van der Waals surface area contributed by atoms with E-state index in [4.69, 9.17) is 9.97 Å². The molecular weight excluding hydrogens is 1180 g/mol. The van der Waals surface area contributed by atoms with Gasteiger partial charge in [0.2, 0.25) is 0 Å². The second-order valence-corrected chi connectivity index (χ2v) is 21.0. The number of aromatic hydroxyl groups is 1. The standard InChI is InChI=1S/C77H58N3O.Pt/c1-51(2)61-45-63(47-64(46-61)72-50-60(43-44-78-72)56-41-39-54(40-42-56)52(3)53-23-9-4-10-24-53)66-35-22-38-73-74(66)79-77(69-37-21-36-68(76(69)81)67-34-20-19-33-65(67)57-27-13-6-14-28-57)80(73)75-70(58-29-15-7-16-30-58)48-62(55-25-11-5-12-26-55)49-71(75)59-31-17-8-18-32-59;/h4-46,48-52,81H,1-3H3;/q-1;/i51D;. The summed E-state index contributed by atoms with van der Waals surface area (Å²) in [4.78, 5) is 10.7. The van der Waals surface area contributed by atoms with Gasteiger partial charge in [0.1, 0.15) is 11.6 Å². The van der Waals surface area contributed by atoms with Crippen molar-refractivity contribution in [1.29, 1.82) is 0 Å². The molecule has 13 rings (SSSR count). The zero-order chi connectivity index (χ0) is 55.7. The Morgan fingerprint density at radius 3 is 1.51 bits per heavy atom. The summed E-state index contributed by atoms with van der Waals surface area (Å²) >= 11 is 0. The van der Waals surface area contributed by atoms with Gasteiger partial charge in [-0.2, -0.15) is 0 Å². The van der Waals surface area contributed by atoms with Crippen LogP contribution in [-0.4, -0.2) is 19.6 Å². The predicted molar refractivity (Wildman–Crippen MR) is 336 cm³/mol. The maximum atomic E-state index is 13.1. The van der Waals surface area contributed by atoms with Crippen LogP contribution in [0.1, 0.15) is 50.6 Å². The fourth-order valence-electron chi connectivity index (χ4n) is 11.4. The number of fused-ring (bicyclic) bond motifs is 1. The number of phenols is 1. The second kappa shape index (κ2) is 23.3. The van der Waals surface area contributed by atoms with Crippen molar-refractivity contribution in [2.75, 3.05) is 0 Å². The van der Waals surface area contributed by atoms with Crippen LogP contribution in [0.4, 0.5) is 0 Å². The first kappa shape index (κ1) is 51.9. The van der Waals surface area contributed by atoms with Gasteiger partial charge < -0.3 is 5.11 Å². The Hall–Kier alpha value is -9.47. The van der Waals surface area contributed by atoms with Crippen LogP contribution in [0.3, 0.4) is 0 Å². The van der Waals surface area contributed by atoms with Crippen molar-refractivity contribution in [1.82, 2.24) is 14.5 Å². The second-order valence-electron chi connectivity index (χ2n) is 21.0. The van der Waals surface area contributed by atoms with E-state index in [9.17, 15) is 6.48 Å². The van der Waals surface area contributed by atoms with Gasteiger partial charge in [-0.25, -0.2) is 4.98 Å². The van der Waals surface area contributed by atoms with Gasteiger partial charge in [-0.15, -0.1) is 29.3 Å². The van der Waals surface area contributed by atoms with E-state index in [0.717, 1.165) is 100 Å². The number of benzene rings is 11. The van der Waals surface area contributed by atoms with E-state index >= 15 is 0 Å². The minimum Gasteiger partial charge on any atom is -0.507 e. The van der Waals surface area contributed by atoms with Gasteiger partial charge in [0.05, 0.1) is 22.3 Å². The summed E-state index contributed by atoms with van der Waals surface area (Å²) in [6.07, 6.45) is 1.86. The Morgan fingerprint density at radius 2 is 0.890 bits per heavy atom. The molecule has 4 nitrogen and oxygen atoms in total. The molecule has 0 aliphatic heterocycles. The van der Waals surface area contributed by atoms with E-state index in [1.165, 1.54) is 11.1 Å². The third kappa shape index (κ3) is 10.3. The van der Waals surface area contributed by atoms with Gasteiger partial charge in [-0.05, 0) is 97.4 Å². The molecule has 0 aliphatic rings. The van der Waals surface area contributed by atoms with Crippen LogP contribution in [0.15, 0.2) is 279 Å². The van der Waals surface area contributed by atoms with Crippen LogP contribution >= 0.6 is 0 Å². The van der Waals surface area contributed by atoms with Gasteiger partial charge in [0, 0.05) is 56.9 Å². The summed E-state index contributed by atoms with van der Waals surface area (Å²) in [7, 11) is 0. The molecule has 0 saturated carbocycles. The molecule has 0 bridgehead atoms. The van der Waals surface area contributed by atoms with Crippen molar-refractivity contribution < 1.29 is 27.5 Å². The number of phenolic OH excluding ortho intramolecular Hbond substituents is 1. The van der Waals surface area contributed by atoms with E-state index in [1.807, 2.05) is 68.6 Å². The van der Waals surface area contributed by atoms with E-state index < -0.39 is 5.89 Å². The zero-order valence-corrected chi connectivity index (χ0v) is 48.0. The first-order chi connectivity index (χ1) is 40.1. The minimum absolute atomic E-state index is 0. The predicted octanol–water partition coefficient (Wildman–Crippen LogP) is 20.2. The van der Waals surface area contributed by atoms with Crippen LogP contribution < -0.4 is 0 Å². The largest absolute Gasteiger partial charge is 0.507 e. The Labute approximate surface area is 496 Å². The van der Waals surface area contributed by atoms with Gasteiger partial charge >= 0.3 is 0 Å². The van der Waals surface area contributed by atoms with Crippen LogP contribution in [0.25, 0.3) is 117 Å². The summed E-state index contributed by atoms with van der Waals surface area (Å²) in [5.74, 6) is -0.0331. The van der Waals surface area contributed by atoms with Crippen molar-refractivity contribution in [3.05, 3.63) is 302 Å². The van der Waals surface area contributed by atoms with Crippen molar-refractivity contribution in [3.63, 3.8) is 0 Å². The molecule has 11 aromatic carbocycles. The van der Waals surface area contributed by atoms with Gasteiger partial charge in [0.25, 0.3) is 0 Å². The van der Waals surface area contributed by atoms with E-state index in [0.29, 0.717) is 22.5 Å². The Balaban J connectivity index is 0.00000680. The van der Waals surface area contributed by atoms with Crippen LogP contribution in [0, 0.1) is 6.07 Å². The molecule has 0 aliphatic carbocycles. The Bertz CT molecular complexity index is 4360.